The predicted octanol–water partition coefficient (Wildman–Crippen LogP) is 1.03. The van der Waals surface area contributed by atoms with Crippen LogP contribution in [0.4, 0.5) is 10.1 Å². The van der Waals surface area contributed by atoms with E-state index >= 15 is 0 Å². The van der Waals surface area contributed by atoms with Crippen molar-refractivity contribution in [3.63, 3.8) is 0 Å². The lowest BCUT2D eigenvalue weighted by molar-refractivity contribution is -0.120. The van der Waals surface area contributed by atoms with Gasteiger partial charge in [-0.15, -0.1) is 0 Å². The molecule has 0 radical (unpaired) electrons. The molecule has 1 amide bonds. The van der Waals surface area contributed by atoms with Crippen LogP contribution >= 0.6 is 12.2 Å². The first-order chi connectivity index (χ1) is 8.45. The summed E-state index contributed by atoms with van der Waals surface area (Å²) in [6, 6.07) is 4.63. The highest BCUT2D eigenvalue weighted by Crippen LogP contribution is 2.17. The Morgan fingerprint density at radius 3 is 2.72 bits per heavy atom. The third-order valence-corrected chi connectivity index (χ3v) is 2.83. The minimum Gasteiger partial charge on any atom is -0.389 e. The lowest BCUT2D eigenvalue weighted by Crippen LogP contribution is -2.26. The fourth-order valence-corrected chi connectivity index (χ4v) is 1.63. The van der Waals surface area contributed by atoms with Gasteiger partial charge in [0.1, 0.15) is 10.8 Å². The number of benzene rings is 1. The highest BCUT2D eigenvalue weighted by molar-refractivity contribution is 7.80. The van der Waals surface area contributed by atoms with Crippen LogP contribution in [0.15, 0.2) is 18.2 Å². The van der Waals surface area contributed by atoms with Crippen molar-refractivity contribution in [3.05, 3.63) is 29.6 Å². The fourth-order valence-electron chi connectivity index (χ4n) is 1.46. The van der Waals surface area contributed by atoms with E-state index in [0.29, 0.717) is 18.7 Å². The summed E-state index contributed by atoms with van der Waals surface area (Å²) >= 11 is 4.73. The van der Waals surface area contributed by atoms with Crippen molar-refractivity contribution in [1.82, 2.24) is 5.32 Å². The van der Waals surface area contributed by atoms with Crippen LogP contribution in [0.25, 0.3) is 0 Å². The van der Waals surface area contributed by atoms with Gasteiger partial charge >= 0.3 is 0 Å². The molecule has 1 aromatic carbocycles. The van der Waals surface area contributed by atoms with Gasteiger partial charge in [-0.3, -0.25) is 4.79 Å². The molecule has 0 fully saturated rings. The standard InChI is InChI=1S/C12H16FN3OS/c1-15-11(17)5-6-16(2)8-3-4-9(12(14)18)10(13)7-8/h3-4,7H,5-6H2,1-2H3,(H2,14,18)(H,15,17). The number of carbonyl (C=O) groups is 1. The molecule has 0 saturated heterocycles. The van der Waals surface area contributed by atoms with E-state index in [4.69, 9.17) is 18.0 Å². The maximum atomic E-state index is 13.7. The van der Waals surface area contributed by atoms with Gasteiger partial charge in [-0.2, -0.15) is 0 Å². The van der Waals surface area contributed by atoms with Gasteiger partial charge in [0, 0.05) is 38.3 Å². The molecule has 6 heteroatoms. The number of anilines is 1. The molecule has 0 saturated carbocycles. The molecule has 3 N–H and O–H groups in total. The number of amides is 1. The van der Waals surface area contributed by atoms with Gasteiger partial charge < -0.3 is 16.0 Å². The molecular formula is C12H16FN3OS. The van der Waals surface area contributed by atoms with Crippen molar-refractivity contribution in [1.29, 1.82) is 0 Å². The molecule has 0 heterocycles. The van der Waals surface area contributed by atoms with Crippen molar-refractivity contribution < 1.29 is 9.18 Å². The molecule has 0 bridgehead atoms. The number of nitrogens with one attached hydrogen (secondary N) is 1. The summed E-state index contributed by atoms with van der Waals surface area (Å²) in [6.07, 6.45) is 0.353. The van der Waals surface area contributed by atoms with Crippen LogP contribution in [0, 0.1) is 5.82 Å². The number of hydrogen-bond acceptors (Lipinski definition) is 3. The molecule has 1 rings (SSSR count). The molecule has 0 aromatic heterocycles. The monoisotopic (exact) mass is 269 g/mol. The second kappa shape index (κ2) is 6.30. The van der Waals surface area contributed by atoms with E-state index in [1.165, 1.54) is 6.07 Å². The summed E-state index contributed by atoms with van der Waals surface area (Å²) in [5.74, 6) is -0.506. The average Bonchev–Trinajstić information content (AvgIpc) is 2.34. The van der Waals surface area contributed by atoms with Crippen LogP contribution in [0.2, 0.25) is 0 Å². The minimum absolute atomic E-state index is 0.0343. The van der Waals surface area contributed by atoms with Crippen LogP contribution in [0.1, 0.15) is 12.0 Å². The Kier molecular flexibility index (Phi) is 5.03. The molecule has 0 aliphatic rings. The van der Waals surface area contributed by atoms with Crippen LogP contribution < -0.4 is 16.0 Å². The van der Waals surface area contributed by atoms with Gasteiger partial charge in [0.15, 0.2) is 0 Å². The van der Waals surface area contributed by atoms with E-state index in [0.717, 1.165) is 0 Å². The number of thiocarbonyl (C=S) groups is 1. The van der Waals surface area contributed by atoms with Gasteiger partial charge in [0.25, 0.3) is 0 Å². The fraction of sp³-hybridized carbons (Fsp3) is 0.333. The number of rotatable bonds is 5. The molecule has 4 nitrogen and oxygen atoms in total. The Morgan fingerprint density at radius 2 is 2.22 bits per heavy atom. The second-order valence-electron chi connectivity index (χ2n) is 3.87. The summed E-state index contributed by atoms with van der Waals surface area (Å²) in [6.45, 7) is 0.505. The summed E-state index contributed by atoms with van der Waals surface area (Å²) in [5, 5.41) is 2.53. The van der Waals surface area contributed by atoms with Gasteiger partial charge in [-0.1, -0.05) is 12.2 Å². The van der Waals surface area contributed by atoms with Crippen LogP contribution in [0.5, 0.6) is 0 Å². The quantitative estimate of drug-likeness (QED) is 0.784. The first-order valence-corrected chi connectivity index (χ1v) is 5.87. The number of nitrogens with zero attached hydrogens (tertiary/aromatic N) is 1. The van der Waals surface area contributed by atoms with Crippen LogP contribution in [-0.4, -0.2) is 31.5 Å². The Bertz CT molecular complexity index is 465. The largest absolute Gasteiger partial charge is 0.389 e. The van der Waals surface area contributed by atoms with Crippen molar-refractivity contribution in [2.45, 2.75) is 6.42 Å². The zero-order valence-corrected chi connectivity index (χ0v) is 11.2. The highest BCUT2D eigenvalue weighted by Gasteiger charge is 2.09. The Labute approximate surface area is 111 Å². The molecule has 1 aromatic rings. The third kappa shape index (κ3) is 3.66. The number of carbonyl (C=O) groups excluding carboxylic acids is 1. The van der Waals surface area contributed by atoms with Crippen LogP contribution in [0.3, 0.4) is 0 Å². The molecule has 18 heavy (non-hydrogen) atoms. The number of halogens is 1. The normalized spacial score (nSPS) is 9.94. The zero-order valence-electron chi connectivity index (χ0n) is 10.4. The van der Waals surface area contributed by atoms with E-state index in [1.54, 1.807) is 31.1 Å². The van der Waals surface area contributed by atoms with Gasteiger partial charge in [0.05, 0.1) is 0 Å². The zero-order chi connectivity index (χ0) is 13.7. The van der Waals surface area contributed by atoms with Gasteiger partial charge in [0.2, 0.25) is 5.91 Å². The number of hydrogen-bond donors (Lipinski definition) is 2. The van der Waals surface area contributed by atoms with Crippen molar-refractivity contribution in [2.24, 2.45) is 5.73 Å². The minimum atomic E-state index is -0.452. The van der Waals surface area contributed by atoms with Gasteiger partial charge in [-0.25, -0.2) is 4.39 Å². The van der Waals surface area contributed by atoms with E-state index in [-0.39, 0.29) is 16.5 Å². The molecule has 0 spiro atoms. The Hall–Kier alpha value is -1.69. The highest BCUT2D eigenvalue weighted by atomic mass is 32.1. The molecule has 0 aliphatic carbocycles. The molecule has 0 aliphatic heterocycles. The summed E-state index contributed by atoms with van der Waals surface area (Å²) in [4.78, 5) is 12.9. The Morgan fingerprint density at radius 1 is 1.56 bits per heavy atom. The number of nitrogens with two attached hydrogens (primary N) is 1. The topological polar surface area (TPSA) is 58.4 Å². The Balaban J connectivity index is 2.75. The van der Waals surface area contributed by atoms with Crippen molar-refractivity contribution >= 4 is 28.8 Å². The second-order valence-corrected chi connectivity index (χ2v) is 4.31. The van der Waals surface area contributed by atoms with E-state index in [9.17, 15) is 9.18 Å². The maximum absolute atomic E-state index is 13.7. The smallest absolute Gasteiger partial charge is 0.221 e. The van der Waals surface area contributed by atoms with E-state index in [2.05, 4.69) is 5.32 Å². The predicted molar refractivity (Wildman–Crippen MR) is 74.2 cm³/mol. The van der Waals surface area contributed by atoms with Crippen molar-refractivity contribution in [2.75, 3.05) is 25.5 Å². The summed E-state index contributed by atoms with van der Waals surface area (Å²) < 4.78 is 13.7. The molecule has 0 atom stereocenters. The lowest BCUT2D eigenvalue weighted by atomic mass is 10.2. The molecule has 0 unspecified atom stereocenters. The average molecular weight is 269 g/mol. The van der Waals surface area contributed by atoms with Gasteiger partial charge in [-0.05, 0) is 18.2 Å². The molecule has 98 valence electrons. The molecular weight excluding hydrogens is 253 g/mol. The van der Waals surface area contributed by atoms with Crippen molar-refractivity contribution in [3.8, 4) is 0 Å². The van der Waals surface area contributed by atoms with E-state index in [1.807, 2.05) is 0 Å². The van der Waals surface area contributed by atoms with Crippen LogP contribution in [-0.2, 0) is 4.79 Å². The lowest BCUT2D eigenvalue weighted by Gasteiger charge is -2.19. The van der Waals surface area contributed by atoms with E-state index < -0.39 is 5.82 Å². The SMILES string of the molecule is CNC(=O)CCN(C)c1ccc(C(N)=S)c(F)c1. The first-order valence-electron chi connectivity index (χ1n) is 5.46. The third-order valence-electron chi connectivity index (χ3n) is 2.61. The summed E-state index contributed by atoms with van der Waals surface area (Å²) in [7, 11) is 3.37. The first kappa shape index (κ1) is 14.4. The maximum Gasteiger partial charge on any atom is 0.221 e. The summed E-state index contributed by atoms with van der Waals surface area (Å²) in [5.41, 5.74) is 6.29.